The molecule has 3 aromatic rings. The summed E-state index contributed by atoms with van der Waals surface area (Å²) in [5.41, 5.74) is 3.05. The highest BCUT2D eigenvalue weighted by molar-refractivity contribution is 5.93. The van der Waals surface area contributed by atoms with Crippen LogP contribution in [0.1, 0.15) is 62.9 Å². The first-order chi connectivity index (χ1) is 16.3. The Morgan fingerprint density at radius 1 is 1.21 bits per heavy atom. The second-order valence-corrected chi connectivity index (χ2v) is 9.62. The van der Waals surface area contributed by atoms with E-state index in [9.17, 15) is 0 Å². The van der Waals surface area contributed by atoms with E-state index >= 15 is 4.39 Å². The fourth-order valence-electron chi connectivity index (χ4n) is 4.78. The molecule has 0 unspecified atom stereocenters. The smallest absolute Gasteiger partial charge is 0.261 e. The quantitative estimate of drug-likeness (QED) is 0.489. The maximum absolute atomic E-state index is 15.2. The van der Waals surface area contributed by atoms with Gasteiger partial charge in [-0.05, 0) is 62.3 Å². The molecule has 0 bridgehead atoms. The van der Waals surface area contributed by atoms with E-state index in [1.807, 2.05) is 13.0 Å². The number of piperidine rings is 1. The fraction of sp³-hybridized carbons (Fsp3) is 0.577. The Morgan fingerprint density at radius 3 is 2.53 bits per heavy atom. The summed E-state index contributed by atoms with van der Waals surface area (Å²) in [5, 5.41) is 8.52. The molecule has 0 aliphatic carbocycles. The molecule has 7 nitrogen and oxygen atoms in total. The lowest BCUT2D eigenvalue weighted by Crippen LogP contribution is -2.47. The van der Waals surface area contributed by atoms with Crippen molar-refractivity contribution in [2.24, 2.45) is 0 Å². The molecule has 1 N–H and O–H groups in total. The van der Waals surface area contributed by atoms with Gasteiger partial charge in [0.2, 0.25) is 0 Å². The summed E-state index contributed by atoms with van der Waals surface area (Å²) in [4.78, 5) is 11.6. The van der Waals surface area contributed by atoms with E-state index in [2.05, 4.69) is 41.1 Å². The van der Waals surface area contributed by atoms with Crippen LogP contribution in [0.2, 0.25) is 0 Å². The van der Waals surface area contributed by atoms with Gasteiger partial charge in [0.05, 0.1) is 12.2 Å². The Hall–Kier alpha value is -2.58. The average Bonchev–Trinajstić information content (AvgIpc) is 3.25. The molecule has 1 saturated heterocycles. The van der Waals surface area contributed by atoms with E-state index < -0.39 is 0 Å². The van der Waals surface area contributed by atoms with Crippen LogP contribution in [0.4, 0.5) is 10.2 Å². The summed E-state index contributed by atoms with van der Waals surface area (Å²) < 4.78 is 26.2. The van der Waals surface area contributed by atoms with Crippen LogP contribution < -0.4 is 10.2 Å². The van der Waals surface area contributed by atoms with Gasteiger partial charge in [0.1, 0.15) is 17.2 Å². The molecule has 1 aliphatic rings. The lowest BCUT2D eigenvalue weighted by atomic mass is 9.96. The third-order valence-electron chi connectivity index (χ3n) is 6.84. The van der Waals surface area contributed by atoms with Crippen molar-refractivity contribution in [3.05, 3.63) is 34.9 Å². The third-order valence-corrected chi connectivity index (χ3v) is 6.84. The van der Waals surface area contributed by atoms with E-state index in [0.717, 1.165) is 54.4 Å². The number of pyridine rings is 1. The van der Waals surface area contributed by atoms with Crippen molar-refractivity contribution in [1.29, 1.82) is 0 Å². The van der Waals surface area contributed by atoms with Gasteiger partial charge in [0.25, 0.3) is 5.89 Å². The predicted octanol–water partition coefficient (Wildman–Crippen LogP) is 5.15. The van der Waals surface area contributed by atoms with E-state index in [0.29, 0.717) is 41.7 Å². The monoisotopic (exact) mass is 469 g/mol. The number of hydrogen-bond donors (Lipinski definition) is 1. The average molecular weight is 470 g/mol. The number of aryl methyl sites for hydroxylation is 2. The van der Waals surface area contributed by atoms with Crippen molar-refractivity contribution in [1.82, 2.24) is 20.4 Å². The number of fused-ring (bicyclic) bond motifs is 1. The highest BCUT2D eigenvalue weighted by Crippen LogP contribution is 2.38. The minimum atomic E-state index is -0.291. The maximum Gasteiger partial charge on any atom is 0.261 e. The normalized spacial score (nSPS) is 16.1. The van der Waals surface area contributed by atoms with E-state index in [1.54, 1.807) is 20.1 Å². The van der Waals surface area contributed by atoms with Crippen LogP contribution in [0.15, 0.2) is 16.7 Å². The molecule has 8 heteroatoms. The predicted molar refractivity (Wildman–Crippen MR) is 133 cm³/mol. The molecule has 1 aromatic carbocycles. The van der Waals surface area contributed by atoms with E-state index in [4.69, 9.17) is 14.2 Å². The molecule has 34 heavy (non-hydrogen) atoms. The number of aromatic nitrogens is 3. The van der Waals surface area contributed by atoms with Crippen LogP contribution in [0.25, 0.3) is 22.4 Å². The van der Waals surface area contributed by atoms with Gasteiger partial charge in [0.15, 0.2) is 5.82 Å². The van der Waals surface area contributed by atoms with Gasteiger partial charge in [-0.2, -0.15) is 4.98 Å². The van der Waals surface area contributed by atoms with Crippen LogP contribution >= 0.6 is 0 Å². The first kappa shape index (κ1) is 24.5. The first-order valence-corrected chi connectivity index (χ1v) is 12.3. The van der Waals surface area contributed by atoms with Gasteiger partial charge < -0.3 is 19.5 Å². The molecule has 184 valence electrons. The van der Waals surface area contributed by atoms with Gasteiger partial charge in [-0.25, -0.2) is 9.37 Å². The van der Waals surface area contributed by atoms with E-state index in [1.165, 1.54) is 0 Å². The minimum absolute atomic E-state index is 0.212. The summed E-state index contributed by atoms with van der Waals surface area (Å²) in [6.45, 7) is 12.4. The van der Waals surface area contributed by atoms with Crippen LogP contribution in [0.3, 0.4) is 0 Å². The molecule has 4 rings (SSSR count). The van der Waals surface area contributed by atoms with Crippen LogP contribution in [0.5, 0.6) is 0 Å². The Balaban J connectivity index is 1.72. The number of nitrogens with one attached hydrogen (secondary N) is 1. The summed E-state index contributed by atoms with van der Waals surface area (Å²) in [7, 11) is 1.74. The number of anilines is 1. The standard InChI is InChI=1S/C26H36FN5O2/c1-7-19(14-33-6)29-20-8-10-32(11-9-20)25-23(26-28-17(5)31-34-26)16(4)21-12-18(15(2)3)13-22(27)24(21)30-25/h12-13,15,19-20,29H,7-11,14H2,1-6H3/t19-/m0/s1. The lowest BCUT2D eigenvalue weighted by molar-refractivity contribution is 0.155. The Morgan fingerprint density at radius 2 is 1.94 bits per heavy atom. The van der Waals surface area contributed by atoms with Crippen LogP contribution in [0, 0.1) is 19.7 Å². The van der Waals surface area contributed by atoms with Crippen molar-refractivity contribution in [2.75, 3.05) is 31.7 Å². The summed E-state index contributed by atoms with van der Waals surface area (Å²) in [5.74, 6) is 1.63. The second kappa shape index (κ2) is 10.4. The largest absolute Gasteiger partial charge is 0.383 e. The minimum Gasteiger partial charge on any atom is -0.383 e. The molecule has 0 saturated carbocycles. The number of rotatable bonds is 8. The molecule has 3 heterocycles. The summed E-state index contributed by atoms with van der Waals surface area (Å²) >= 11 is 0. The van der Waals surface area contributed by atoms with Crippen molar-refractivity contribution >= 4 is 16.7 Å². The topological polar surface area (TPSA) is 76.3 Å². The van der Waals surface area contributed by atoms with Gasteiger partial charge in [-0.1, -0.05) is 25.9 Å². The summed E-state index contributed by atoms with van der Waals surface area (Å²) in [6, 6.07) is 4.41. The van der Waals surface area contributed by atoms with Gasteiger partial charge in [-0.15, -0.1) is 0 Å². The second-order valence-electron chi connectivity index (χ2n) is 9.62. The Labute approximate surface area is 201 Å². The molecule has 1 fully saturated rings. The van der Waals surface area contributed by atoms with Crippen molar-refractivity contribution in [3.63, 3.8) is 0 Å². The number of methoxy groups -OCH3 is 1. The maximum atomic E-state index is 15.2. The highest BCUT2D eigenvalue weighted by atomic mass is 19.1. The number of ether oxygens (including phenoxy) is 1. The number of halogens is 1. The lowest BCUT2D eigenvalue weighted by Gasteiger charge is -2.36. The van der Waals surface area contributed by atoms with Gasteiger partial charge >= 0.3 is 0 Å². The van der Waals surface area contributed by atoms with Crippen molar-refractivity contribution in [3.8, 4) is 11.5 Å². The zero-order valence-corrected chi connectivity index (χ0v) is 21.1. The molecule has 0 radical (unpaired) electrons. The highest BCUT2D eigenvalue weighted by Gasteiger charge is 2.28. The van der Waals surface area contributed by atoms with E-state index in [-0.39, 0.29) is 11.7 Å². The zero-order valence-electron chi connectivity index (χ0n) is 21.1. The zero-order chi connectivity index (χ0) is 24.4. The molecule has 1 aliphatic heterocycles. The molecule has 2 aromatic heterocycles. The van der Waals surface area contributed by atoms with Crippen molar-refractivity contribution in [2.45, 2.75) is 71.9 Å². The summed E-state index contributed by atoms with van der Waals surface area (Å²) in [6.07, 6.45) is 2.96. The Kier molecular flexibility index (Phi) is 7.48. The van der Waals surface area contributed by atoms with Crippen LogP contribution in [-0.2, 0) is 4.74 Å². The number of nitrogens with zero attached hydrogens (tertiary/aromatic N) is 4. The molecule has 1 atom stereocenters. The SMILES string of the molecule is CC[C@@H](COC)NC1CCN(c2nc3c(F)cc(C(C)C)cc3c(C)c2-c2nc(C)no2)CC1. The fourth-order valence-corrected chi connectivity index (χ4v) is 4.78. The van der Waals surface area contributed by atoms with Crippen LogP contribution in [-0.4, -0.2) is 54.0 Å². The third kappa shape index (κ3) is 4.93. The molecular weight excluding hydrogens is 433 g/mol. The number of benzene rings is 1. The van der Waals surface area contributed by atoms with Crippen molar-refractivity contribution < 1.29 is 13.7 Å². The van der Waals surface area contributed by atoms with Gasteiger partial charge in [-0.3, -0.25) is 0 Å². The first-order valence-electron chi connectivity index (χ1n) is 12.3. The van der Waals surface area contributed by atoms with Gasteiger partial charge in [0, 0.05) is 37.7 Å². The molecule has 0 amide bonds. The molecule has 0 spiro atoms. The molecular formula is C26H36FN5O2. The Bertz CT molecular complexity index is 1140. The number of hydrogen-bond acceptors (Lipinski definition) is 7.